The van der Waals surface area contributed by atoms with Crippen LogP contribution in [0.3, 0.4) is 0 Å². The maximum absolute atomic E-state index is 14.8. The standard InChI is InChI=1S/C22H18FNO3/c1-2-26-22(25)20-19(15-9-5-6-10-16(15)23)18-14-8-4-3-7-13(14)11-12-17(18)27-21(20)24/h3-12,19H,2,24H2,1H3/t19-/m1/s1. The molecule has 4 rings (SSSR count). The van der Waals surface area contributed by atoms with Crippen LogP contribution in [0.5, 0.6) is 5.75 Å². The number of carbonyl (C=O) groups excluding carboxylic acids is 1. The van der Waals surface area contributed by atoms with E-state index < -0.39 is 17.7 Å². The summed E-state index contributed by atoms with van der Waals surface area (Å²) in [7, 11) is 0. The third-order valence-electron chi connectivity index (χ3n) is 4.70. The molecule has 0 saturated carbocycles. The molecule has 0 bridgehead atoms. The molecule has 0 amide bonds. The van der Waals surface area contributed by atoms with E-state index in [0.29, 0.717) is 16.9 Å². The van der Waals surface area contributed by atoms with Crippen molar-refractivity contribution in [1.29, 1.82) is 0 Å². The summed E-state index contributed by atoms with van der Waals surface area (Å²) in [6.07, 6.45) is 0. The zero-order valence-corrected chi connectivity index (χ0v) is 14.7. The summed E-state index contributed by atoms with van der Waals surface area (Å²) in [4.78, 5) is 12.7. The molecule has 136 valence electrons. The van der Waals surface area contributed by atoms with Gasteiger partial charge in [0.05, 0.1) is 12.5 Å². The molecule has 1 aliphatic rings. The summed E-state index contributed by atoms with van der Waals surface area (Å²) in [6, 6.07) is 17.8. The van der Waals surface area contributed by atoms with Crippen LogP contribution in [0, 0.1) is 5.82 Å². The Hall–Kier alpha value is -3.34. The fraction of sp³-hybridized carbons (Fsp3) is 0.136. The van der Waals surface area contributed by atoms with Gasteiger partial charge < -0.3 is 15.2 Å². The van der Waals surface area contributed by atoms with Crippen molar-refractivity contribution < 1.29 is 18.7 Å². The Morgan fingerprint density at radius 1 is 1.11 bits per heavy atom. The molecule has 0 aliphatic carbocycles. The molecule has 1 aliphatic heterocycles. The number of rotatable bonds is 3. The van der Waals surface area contributed by atoms with Gasteiger partial charge >= 0.3 is 5.97 Å². The summed E-state index contributed by atoms with van der Waals surface area (Å²) in [6.45, 7) is 1.89. The minimum Gasteiger partial charge on any atom is -0.462 e. The summed E-state index contributed by atoms with van der Waals surface area (Å²) in [5.41, 5.74) is 7.25. The monoisotopic (exact) mass is 363 g/mol. The second kappa shape index (κ2) is 6.76. The molecule has 0 fully saturated rings. The van der Waals surface area contributed by atoms with Gasteiger partial charge in [-0.2, -0.15) is 0 Å². The second-order valence-electron chi connectivity index (χ2n) is 6.25. The van der Waals surface area contributed by atoms with Crippen LogP contribution in [0.2, 0.25) is 0 Å². The number of hydrogen-bond donors (Lipinski definition) is 1. The van der Waals surface area contributed by atoms with Crippen LogP contribution in [-0.4, -0.2) is 12.6 Å². The molecule has 4 nitrogen and oxygen atoms in total. The van der Waals surface area contributed by atoms with Gasteiger partial charge in [0.2, 0.25) is 5.88 Å². The lowest BCUT2D eigenvalue weighted by molar-refractivity contribution is -0.139. The molecular formula is C22H18FNO3. The fourth-order valence-electron chi connectivity index (χ4n) is 3.57. The zero-order valence-electron chi connectivity index (χ0n) is 14.7. The Morgan fingerprint density at radius 3 is 2.63 bits per heavy atom. The molecule has 0 unspecified atom stereocenters. The first-order valence-electron chi connectivity index (χ1n) is 8.72. The number of nitrogens with two attached hydrogens (primary N) is 1. The average molecular weight is 363 g/mol. The quantitative estimate of drug-likeness (QED) is 0.707. The van der Waals surface area contributed by atoms with Crippen LogP contribution >= 0.6 is 0 Å². The molecule has 0 saturated heterocycles. The zero-order chi connectivity index (χ0) is 19.0. The van der Waals surface area contributed by atoms with Gasteiger partial charge in [-0.05, 0) is 29.8 Å². The number of carbonyl (C=O) groups is 1. The van der Waals surface area contributed by atoms with Crippen molar-refractivity contribution >= 4 is 16.7 Å². The van der Waals surface area contributed by atoms with Crippen molar-refractivity contribution in [3.8, 4) is 5.75 Å². The van der Waals surface area contributed by atoms with Crippen LogP contribution in [0.15, 0.2) is 72.1 Å². The van der Waals surface area contributed by atoms with Gasteiger partial charge in [-0.3, -0.25) is 0 Å². The van der Waals surface area contributed by atoms with E-state index in [0.717, 1.165) is 10.8 Å². The maximum atomic E-state index is 14.8. The predicted octanol–water partition coefficient (Wildman–Crippen LogP) is 4.24. The number of hydrogen-bond acceptors (Lipinski definition) is 4. The van der Waals surface area contributed by atoms with E-state index in [-0.39, 0.29) is 18.1 Å². The van der Waals surface area contributed by atoms with E-state index in [1.54, 1.807) is 31.2 Å². The SMILES string of the molecule is CCOC(=O)C1=C(N)Oc2ccc3ccccc3c2[C@H]1c1ccccc1F. The molecular weight excluding hydrogens is 345 g/mol. The fourth-order valence-corrected chi connectivity index (χ4v) is 3.57. The van der Waals surface area contributed by atoms with Crippen LogP contribution in [0.4, 0.5) is 4.39 Å². The summed E-state index contributed by atoms with van der Waals surface area (Å²) in [5, 5.41) is 1.84. The van der Waals surface area contributed by atoms with Gasteiger partial charge in [-0.1, -0.05) is 48.5 Å². The average Bonchev–Trinajstić information content (AvgIpc) is 2.67. The second-order valence-corrected chi connectivity index (χ2v) is 6.25. The Bertz CT molecular complexity index is 1070. The lowest BCUT2D eigenvalue weighted by Crippen LogP contribution is -2.28. The Balaban J connectivity index is 2.05. The first-order chi connectivity index (χ1) is 13.1. The van der Waals surface area contributed by atoms with Crippen molar-refractivity contribution in [2.45, 2.75) is 12.8 Å². The van der Waals surface area contributed by atoms with E-state index in [4.69, 9.17) is 15.2 Å². The number of benzene rings is 3. The normalized spacial score (nSPS) is 16.0. The van der Waals surface area contributed by atoms with Crippen molar-refractivity contribution in [1.82, 2.24) is 0 Å². The number of esters is 1. The lowest BCUT2D eigenvalue weighted by atomic mass is 9.80. The van der Waals surface area contributed by atoms with Gasteiger partial charge in [-0.25, -0.2) is 9.18 Å². The van der Waals surface area contributed by atoms with Crippen LogP contribution in [-0.2, 0) is 9.53 Å². The molecule has 1 heterocycles. The van der Waals surface area contributed by atoms with Crippen LogP contribution < -0.4 is 10.5 Å². The van der Waals surface area contributed by atoms with Gasteiger partial charge in [0.25, 0.3) is 0 Å². The summed E-state index contributed by atoms with van der Waals surface area (Å²) >= 11 is 0. The molecule has 0 spiro atoms. The van der Waals surface area contributed by atoms with Crippen LogP contribution in [0.25, 0.3) is 10.8 Å². The highest BCUT2D eigenvalue weighted by Crippen LogP contribution is 2.46. The van der Waals surface area contributed by atoms with Gasteiger partial charge in [0, 0.05) is 11.1 Å². The number of halogens is 1. The first-order valence-corrected chi connectivity index (χ1v) is 8.72. The largest absolute Gasteiger partial charge is 0.462 e. The molecule has 3 aromatic carbocycles. The van der Waals surface area contributed by atoms with E-state index in [2.05, 4.69) is 0 Å². The van der Waals surface area contributed by atoms with Crippen LogP contribution in [0.1, 0.15) is 24.0 Å². The predicted molar refractivity (Wildman–Crippen MR) is 101 cm³/mol. The van der Waals surface area contributed by atoms with E-state index in [9.17, 15) is 9.18 Å². The van der Waals surface area contributed by atoms with E-state index in [1.807, 2.05) is 30.3 Å². The molecule has 5 heteroatoms. The molecule has 1 atom stereocenters. The minimum atomic E-state index is -0.722. The van der Waals surface area contributed by atoms with Crippen molar-refractivity contribution in [2.24, 2.45) is 5.73 Å². The molecule has 3 aromatic rings. The highest BCUT2D eigenvalue weighted by atomic mass is 19.1. The maximum Gasteiger partial charge on any atom is 0.340 e. The molecule has 27 heavy (non-hydrogen) atoms. The smallest absolute Gasteiger partial charge is 0.340 e. The Morgan fingerprint density at radius 2 is 1.85 bits per heavy atom. The van der Waals surface area contributed by atoms with Gasteiger partial charge in [0.1, 0.15) is 17.1 Å². The molecule has 2 N–H and O–H groups in total. The highest BCUT2D eigenvalue weighted by molar-refractivity contribution is 5.97. The topological polar surface area (TPSA) is 61.5 Å². The van der Waals surface area contributed by atoms with Crippen molar-refractivity contribution in [3.63, 3.8) is 0 Å². The summed E-state index contributed by atoms with van der Waals surface area (Å²) in [5.74, 6) is -1.31. The third kappa shape index (κ3) is 2.81. The van der Waals surface area contributed by atoms with Crippen molar-refractivity contribution in [3.05, 3.63) is 89.1 Å². The number of ether oxygens (including phenoxy) is 2. The van der Waals surface area contributed by atoms with Crippen molar-refractivity contribution in [2.75, 3.05) is 6.61 Å². The lowest BCUT2D eigenvalue weighted by Gasteiger charge is -2.29. The van der Waals surface area contributed by atoms with E-state index >= 15 is 0 Å². The number of fused-ring (bicyclic) bond motifs is 3. The minimum absolute atomic E-state index is 0.0653. The molecule has 0 aromatic heterocycles. The molecule has 0 radical (unpaired) electrons. The highest BCUT2D eigenvalue weighted by Gasteiger charge is 2.37. The van der Waals surface area contributed by atoms with E-state index in [1.165, 1.54) is 6.07 Å². The van der Waals surface area contributed by atoms with Gasteiger partial charge in [0.15, 0.2) is 0 Å². The first kappa shape index (κ1) is 17.1. The Kier molecular flexibility index (Phi) is 4.28. The Labute approximate surface area is 156 Å². The summed E-state index contributed by atoms with van der Waals surface area (Å²) < 4.78 is 25.7. The van der Waals surface area contributed by atoms with Gasteiger partial charge in [-0.15, -0.1) is 0 Å². The third-order valence-corrected chi connectivity index (χ3v) is 4.70.